The van der Waals surface area contributed by atoms with Crippen molar-refractivity contribution in [2.45, 2.75) is 31.2 Å². The van der Waals surface area contributed by atoms with Crippen LogP contribution in [0.4, 0.5) is 0 Å². The Balaban J connectivity index is 1.53. The lowest BCUT2D eigenvalue weighted by Crippen LogP contribution is -2.61. The second-order valence-electron chi connectivity index (χ2n) is 6.27. The van der Waals surface area contributed by atoms with E-state index < -0.39 is 0 Å². The Bertz CT molecular complexity index is 266. The fraction of sp³-hybridized carbons (Fsp3) is 1.00. The predicted molar refractivity (Wildman–Crippen MR) is 79.1 cm³/mol. The number of nitrogens with two attached hydrogens (primary N) is 1. The normalized spacial score (nSPS) is 30.5. The minimum absolute atomic E-state index is 0.344. The molecule has 0 spiro atoms. The fourth-order valence-corrected chi connectivity index (χ4v) is 4.72. The van der Waals surface area contributed by atoms with Crippen molar-refractivity contribution in [3.8, 4) is 0 Å². The smallest absolute Gasteiger partial charge is 0.0348 e. The molecule has 4 heteroatoms. The summed E-state index contributed by atoms with van der Waals surface area (Å²) in [5, 5.41) is 0. The summed E-state index contributed by atoms with van der Waals surface area (Å²) in [4.78, 5) is 5.39. The predicted octanol–water partition coefficient (Wildman–Crippen LogP) is 1.24. The lowest BCUT2D eigenvalue weighted by molar-refractivity contribution is 0.0292. The van der Waals surface area contributed by atoms with E-state index in [9.17, 15) is 0 Å². The van der Waals surface area contributed by atoms with Gasteiger partial charge in [0.2, 0.25) is 0 Å². The minimum atomic E-state index is 0.344. The first kappa shape index (κ1) is 13.2. The van der Waals surface area contributed by atoms with Crippen molar-refractivity contribution >= 4 is 11.8 Å². The Morgan fingerprint density at radius 1 is 1.06 bits per heavy atom. The topological polar surface area (TPSA) is 32.5 Å². The summed E-state index contributed by atoms with van der Waals surface area (Å²) in [6.45, 7) is 7.25. The molecule has 1 aliphatic carbocycles. The summed E-state index contributed by atoms with van der Waals surface area (Å²) < 4.78 is 0. The van der Waals surface area contributed by atoms with Crippen LogP contribution in [0.15, 0.2) is 0 Å². The van der Waals surface area contributed by atoms with Gasteiger partial charge in [0.05, 0.1) is 0 Å². The van der Waals surface area contributed by atoms with Crippen LogP contribution < -0.4 is 5.73 Å². The quantitative estimate of drug-likeness (QED) is 0.832. The van der Waals surface area contributed by atoms with Gasteiger partial charge in [-0.15, -0.1) is 0 Å². The van der Waals surface area contributed by atoms with Crippen LogP contribution in [-0.2, 0) is 0 Å². The molecular weight excluding hydrogens is 242 g/mol. The molecule has 0 aromatic carbocycles. The molecule has 18 heavy (non-hydrogen) atoms. The molecule has 3 aliphatic rings. The lowest BCUT2D eigenvalue weighted by atomic mass is 9.89. The summed E-state index contributed by atoms with van der Waals surface area (Å²) in [6, 6.07) is 0. The monoisotopic (exact) mass is 269 g/mol. The second-order valence-corrected chi connectivity index (χ2v) is 7.50. The van der Waals surface area contributed by atoms with E-state index in [1.807, 2.05) is 0 Å². The second kappa shape index (κ2) is 5.70. The fourth-order valence-electron chi connectivity index (χ4n) is 3.47. The largest absolute Gasteiger partial charge is 0.329 e. The Hall–Kier alpha value is 0.230. The number of nitrogens with zero attached hydrogens (tertiary/aromatic N) is 2. The van der Waals surface area contributed by atoms with Crippen LogP contribution in [-0.4, -0.2) is 66.1 Å². The van der Waals surface area contributed by atoms with Gasteiger partial charge in [0.1, 0.15) is 0 Å². The lowest BCUT2D eigenvalue weighted by Gasteiger charge is -2.49. The Morgan fingerprint density at radius 3 is 2.28 bits per heavy atom. The van der Waals surface area contributed by atoms with E-state index in [4.69, 9.17) is 5.73 Å². The van der Waals surface area contributed by atoms with Gasteiger partial charge in [0.25, 0.3) is 0 Å². The summed E-state index contributed by atoms with van der Waals surface area (Å²) in [7, 11) is 0. The third kappa shape index (κ3) is 2.87. The molecule has 0 unspecified atom stereocenters. The maximum absolute atomic E-state index is 6.13. The average Bonchev–Trinajstić information content (AvgIpc) is 3.24. The van der Waals surface area contributed by atoms with Gasteiger partial charge in [-0.25, -0.2) is 0 Å². The van der Waals surface area contributed by atoms with E-state index in [0.29, 0.717) is 5.54 Å². The van der Waals surface area contributed by atoms with E-state index in [0.717, 1.165) is 12.5 Å². The standard InChI is InChI=1S/C14H27N3S/c15-12-14(3-9-18-10-4-14)17-7-5-16(6-8-17)11-13-1-2-13/h13H,1-12,15H2. The molecule has 0 radical (unpaired) electrons. The highest BCUT2D eigenvalue weighted by Crippen LogP contribution is 2.33. The number of hydrogen-bond donors (Lipinski definition) is 1. The van der Waals surface area contributed by atoms with Gasteiger partial charge in [-0.3, -0.25) is 4.90 Å². The minimum Gasteiger partial charge on any atom is -0.329 e. The van der Waals surface area contributed by atoms with Crippen LogP contribution in [0.25, 0.3) is 0 Å². The first-order valence-corrected chi connectivity index (χ1v) is 8.73. The van der Waals surface area contributed by atoms with Crippen molar-refractivity contribution in [2.24, 2.45) is 11.7 Å². The van der Waals surface area contributed by atoms with Gasteiger partial charge < -0.3 is 10.6 Å². The van der Waals surface area contributed by atoms with Gasteiger partial charge in [-0.05, 0) is 43.1 Å². The zero-order valence-corrected chi connectivity index (χ0v) is 12.3. The third-order valence-electron chi connectivity index (χ3n) is 5.06. The molecule has 104 valence electrons. The van der Waals surface area contributed by atoms with Crippen LogP contribution >= 0.6 is 11.8 Å². The van der Waals surface area contributed by atoms with E-state index in [1.165, 1.54) is 69.9 Å². The number of piperazine rings is 1. The number of hydrogen-bond acceptors (Lipinski definition) is 4. The highest BCUT2D eigenvalue weighted by molar-refractivity contribution is 7.99. The van der Waals surface area contributed by atoms with Crippen molar-refractivity contribution in [3.63, 3.8) is 0 Å². The van der Waals surface area contributed by atoms with Crippen LogP contribution in [0.5, 0.6) is 0 Å². The van der Waals surface area contributed by atoms with Gasteiger partial charge in [0.15, 0.2) is 0 Å². The first-order valence-electron chi connectivity index (χ1n) is 7.58. The number of thioether (sulfide) groups is 1. The molecule has 2 saturated heterocycles. The maximum Gasteiger partial charge on any atom is 0.0348 e. The van der Waals surface area contributed by atoms with Crippen LogP contribution in [0.2, 0.25) is 0 Å². The SMILES string of the molecule is NCC1(N2CCN(CC3CC3)CC2)CCSCC1. The van der Waals surface area contributed by atoms with Crippen molar-refractivity contribution in [1.29, 1.82) is 0 Å². The molecule has 3 rings (SSSR count). The Kier molecular flexibility index (Phi) is 4.18. The van der Waals surface area contributed by atoms with Gasteiger partial charge in [-0.2, -0.15) is 11.8 Å². The maximum atomic E-state index is 6.13. The van der Waals surface area contributed by atoms with Crippen molar-refractivity contribution in [2.75, 3.05) is 50.8 Å². The van der Waals surface area contributed by atoms with Crippen LogP contribution in [0, 0.1) is 5.92 Å². The molecule has 2 aliphatic heterocycles. The van der Waals surface area contributed by atoms with Crippen molar-refractivity contribution in [1.82, 2.24) is 9.80 Å². The number of rotatable bonds is 4. The molecule has 0 aromatic rings. The van der Waals surface area contributed by atoms with E-state index >= 15 is 0 Å². The molecule has 0 atom stereocenters. The third-order valence-corrected chi connectivity index (χ3v) is 6.05. The summed E-state index contributed by atoms with van der Waals surface area (Å²) in [5.41, 5.74) is 6.47. The molecule has 0 bridgehead atoms. The molecule has 3 nitrogen and oxygen atoms in total. The molecule has 0 aromatic heterocycles. The Labute approximate surface area is 115 Å². The highest BCUT2D eigenvalue weighted by Gasteiger charge is 2.38. The van der Waals surface area contributed by atoms with Gasteiger partial charge >= 0.3 is 0 Å². The zero-order chi connectivity index (χ0) is 12.4. The summed E-state index contributed by atoms with van der Waals surface area (Å²) in [6.07, 6.45) is 5.56. The molecule has 0 amide bonds. The summed E-state index contributed by atoms with van der Waals surface area (Å²) in [5.74, 6) is 3.64. The Morgan fingerprint density at radius 2 is 1.72 bits per heavy atom. The zero-order valence-electron chi connectivity index (χ0n) is 11.4. The molecule has 2 heterocycles. The van der Waals surface area contributed by atoms with E-state index in [2.05, 4.69) is 21.6 Å². The van der Waals surface area contributed by atoms with Crippen molar-refractivity contribution in [3.05, 3.63) is 0 Å². The van der Waals surface area contributed by atoms with E-state index in [-0.39, 0.29) is 0 Å². The molecular formula is C14H27N3S. The van der Waals surface area contributed by atoms with Crippen molar-refractivity contribution < 1.29 is 0 Å². The first-order chi connectivity index (χ1) is 8.82. The van der Waals surface area contributed by atoms with Gasteiger partial charge in [-0.1, -0.05) is 0 Å². The average molecular weight is 269 g/mol. The van der Waals surface area contributed by atoms with Gasteiger partial charge in [0, 0.05) is 44.8 Å². The molecule has 2 N–H and O–H groups in total. The van der Waals surface area contributed by atoms with Crippen LogP contribution in [0.1, 0.15) is 25.7 Å². The van der Waals surface area contributed by atoms with Crippen LogP contribution in [0.3, 0.4) is 0 Å². The molecule has 1 saturated carbocycles. The molecule has 3 fully saturated rings. The van der Waals surface area contributed by atoms with E-state index in [1.54, 1.807) is 0 Å². The summed E-state index contributed by atoms with van der Waals surface area (Å²) >= 11 is 2.10. The highest BCUT2D eigenvalue weighted by atomic mass is 32.2.